The normalized spacial score (nSPS) is 12.8. The number of nitrogens with zero attached hydrogens (tertiary/aromatic N) is 1. The van der Waals surface area contributed by atoms with Crippen molar-refractivity contribution in [3.05, 3.63) is 59.7 Å². The standard InChI is InChI=1S/C19H20N2O2/c1-14(22)21-13-12-16-8-5-9-17(19(16)21)20-18(23)11-10-15-6-3-2-4-7-15/h2-9H,10-13H2,1H3,(H,20,23). The quantitative estimate of drug-likeness (QED) is 0.943. The molecule has 2 amide bonds. The van der Waals surface area contributed by atoms with Crippen LogP contribution in [0.5, 0.6) is 0 Å². The number of carbonyl (C=O) groups excluding carboxylic acids is 2. The molecule has 1 aliphatic rings. The molecule has 4 nitrogen and oxygen atoms in total. The number of amides is 2. The van der Waals surface area contributed by atoms with Gasteiger partial charge in [-0.05, 0) is 30.0 Å². The van der Waals surface area contributed by atoms with E-state index in [1.807, 2.05) is 48.5 Å². The summed E-state index contributed by atoms with van der Waals surface area (Å²) in [6.07, 6.45) is 1.97. The van der Waals surface area contributed by atoms with Gasteiger partial charge in [-0.15, -0.1) is 0 Å². The fourth-order valence-electron chi connectivity index (χ4n) is 2.99. The SMILES string of the molecule is CC(=O)N1CCc2cccc(NC(=O)CCc3ccccc3)c21. The van der Waals surface area contributed by atoms with Crippen molar-refractivity contribution < 1.29 is 9.59 Å². The zero-order valence-electron chi connectivity index (χ0n) is 13.2. The molecule has 0 unspecified atom stereocenters. The van der Waals surface area contributed by atoms with E-state index in [1.165, 1.54) is 0 Å². The molecule has 3 rings (SSSR count). The minimum Gasteiger partial charge on any atom is -0.324 e. The molecule has 23 heavy (non-hydrogen) atoms. The molecule has 1 aliphatic heterocycles. The number of para-hydroxylation sites is 1. The zero-order valence-corrected chi connectivity index (χ0v) is 13.2. The number of nitrogens with one attached hydrogen (secondary N) is 1. The highest BCUT2D eigenvalue weighted by Crippen LogP contribution is 2.35. The van der Waals surface area contributed by atoms with Crippen LogP contribution in [0.1, 0.15) is 24.5 Å². The summed E-state index contributed by atoms with van der Waals surface area (Å²) in [7, 11) is 0. The molecule has 118 valence electrons. The highest BCUT2D eigenvalue weighted by molar-refractivity contribution is 6.02. The molecule has 2 aromatic carbocycles. The fourth-order valence-corrected chi connectivity index (χ4v) is 2.99. The van der Waals surface area contributed by atoms with Gasteiger partial charge in [-0.1, -0.05) is 42.5 Å². The highest BCUT2D eigenvalue weighted by atomic mass is 16.2. The van der Waals surface area contributed by atoms with Gasteiger partial charge in [0.1, 0.15) is 0 Å². The van der Waals surface area contributed by atoms with E-state index >= 15 is 0 Å². The Morgan fingerprint density at radius 1 is 1.09 bits per heavy atom. The minimum absolute atomic E-state index is 0.00901. The highest BCUT2D eigenvalue weighted by Gasteiger charge is 2.25. The molecule has 0 aromatic heterocycles. The van der Waals surface area contributed by atoms with Crippen molar-refractivity contribution in [3.63, 3.8) is 0 Å². The van der Waals surface area contributed by atoms with Crippen molar-refractivity contribution in [2.24, 2.45) is 0 Å². The number of carbonyl (C=O) groups is 2. The Hall–Kier alpha value is -2.62. The second kappa shape index (κ2) is 6.65. The molecule has 0 radical (unpaired) electrons. The molecule has 0 fully saturated rings. The van der Waals surface area contributed by atoms with Crippen molar-refractivity contribution in [3.8, 4) is 0 Å². The van der Waals surface area contributed by atoms with E-state index in [-0.39, 0.29) is 11.8 Å². The maximum Gasteiger partial charge on any atom is 0.224 e. The van der Waals surface area contributed by atoms with Crippen LogP contribution in [-0.4, -0.2) is 18.4 Å². The van der Waals surface area contributed by atoms with Gasteiger partial charge in [0.25, 0.3) is 0 Å². The molecule has 0 saturated heterocycles. The summed E-state index contributed by atoms with van der Waals surface area (Å²) >= 11 is 0. The number of anilines is 2. The number of aryl methyl sites for hydroxylation is 1. The van der Waals surface area contributed by atoms with E-state index in [4.69, 9.17) is 0 Å². The summed E-state index contributed by atoms with van der Waals surface area (Å²) in [5, 5.41) is 2.96. The van der Waals surface area contributed by atoms with Crippen LogP contribution in [0.2, 0.25) is 0 Å². The van der Waals surface area contributed by atoms with Crippen LogP contribution >= 0.6 is 0 Å². The lowest BCUT2D eigenvalue weighted by Gasteiger charge is -2.19. The van der Waals surface area contributed by atoms with E-state index in [2.05, 4.69) is 5.32 Å². The van der Waals surface area contributed by atoms with E-state index in [0.29, 0.717) is 19.4 Å². The van der Waals surface area contributed by atoms with Gasteiger partial charge in [0.05, 0.1) is 11.4 Å². The molecule has 0 atom stereocenters. The van der Waals surface area contributed by atoms with Crippen molar-refractivity contribution in [2.45, 2.75) is 26.2 Å². The van der Waals surface area contributed by atoms with Crippen LogP contribution < -0.4 is 10.2 Å². The summed E-state index contributed by atoms with van der Waals surface area (Å²) in [5.41, 5.74) is 3.84. The Morgan fingerprint density at radius 2 is 1.87 bits per heavy atom. The molecule has 2 aromatic rings. The number of hydrogen-bond donors (Lipinski definition) is 1. The first-order valence-corrected chi connectivity index (χ1v) is 7.89. The van der Waals surface area contributed by atoms with E-state index in [1.54, 1.807) is 11.8 Å². The monoisotopic (exact) mass is 308 g/mol. The molecule has 1 N–H and O–H groups in total. The van der Waals surface area contributed by atoms with Crippen molar-refractivity contribution in [1.82, 2.24) is 0 Å². The molecular weight excluding hydrogens is 288 g/mol. The predicted octanol–water partition coefficient (Wildman–Crippen LogP) is 3.17. The van der Waals surface area contributed by atoms with Crippen molar-refractivity contribution in [2.75, 3.05) is 16.8 Å². The van der Waals surface area contributed by atoms with Gasteiger partial charge in [-0.2, -0.15) is 0 Å². The Balaban J connectivity index is 1.70. The Bertz CT molecular complexity index is 725. The summed E-state index contributed by atoms with van der Waals surface area (Å²) in [4.78, 5) is 25.8. The van der Waals surface area contributed by atoms with Gasteiger partial charge in [-0.25, -0.2) is 0 Å². The van der Waals surface area contributed by atoms with E-state index in [0.717, 1.165) is 28.9 Å². The third-order valence-electron chi connectivity index (χ3n) is 4.13. The van der Waals surface area contributed by atoms with Crippen LogP contribution in [0.25, 0.3) is 0 Å². The molecule has 1 heterocycles. The molecule has 0 spiro atoms. The first-order chi connectivity index (χ1) is 11.1. The Labute approximate surface area is 136 Å². The summed E-state index contributed by atoms with van der Waals surface area (Å²) in [5.74, 6) is -0.0209. The third-order valence-corrected chi connectivity index (χ3v) is 4.13. The zero-order chi connectivity index (χ0) is 16.2. The lowest BCUT2D eigenvalue weighted by atomic mass is 10.1. The lowest BCUT2D eigenvalue weighted by Crippen LogP contribution is -2.27. The van der Waals surface area contributed by atoms with Gasteiger partial charge in [0.15, 0.2) is 0 Å². The van der Waals surface area contributed by atoms with Crippen LogP contribution in [0.4, 0.5) is 11.4 Å². The number of fused-ring (bicyclic) bond motifs is 1. The molecule has 4 heteroatoms. The largest absolute Gasteiger partial charge is 0.324 e. The topological polar surface area (TPSA) is 49.4 Å². The summed E-state index contributed by atoms with van der Waals surface area (Å²) in [6, 6.07) is 15.8. The van der Waals surface area contributed by atoms with Crippen LogP contribution in [0.15, 0.2) is 48.5 Å². The van der Waals surface area contributed by atoms with Crippen LogP contribution in [0.3, 0.4) is 0 Å². The summed E-state index contributed by atoms with van der Waals surface area (Å²) in [6.45, 7) is 2.24. The molecule has 0 bridgehead atoms. The van der Waals surface area contributed by atoms with Gasteiger partial charge in [0, 0.05) is 19.9 Å². The molecule has 0 saturated carbocycles. The maximum atomic E-state index is 12.2. The van der Waals surface area contributed by atoms with Crippen LogP contribution in [-0.2, 0) is 22.4 Å². The van der Waals surface area contributed by atoms with Gasteiger partial charge >= 0.3 is 0 Å². The third kappa shape index (κ3) is 3.42. The van der Waals surface area contributed by atoms with Gasteiger partial charge in [-0.3, -0.25) is 9.59 Å². The smallest absolute Gasteiger partial charge is 0.224 e. The molecule has 0 aliphatic carbocycles. The maximum absolute atomic E-state index is 12.2. The second-order valence-electron chi connectivity index (χ2n) is 5.77. The second-order valence-corrected chi connectivity index (χ2v) is 5.77. The number of rotatable bonds is 4. The van der Waals surface area contributed by atoms with Crippen LogP contribution in [0, 0.1) is 0 Å². The van der Waals surface area contributed by atoms with E-state index < -0.39 is 0 Å². The first kappa shape index (κ1) is 15.3. The Kier molecular flexibility index (Phi) is 4.42. The van der Waals surface area contributed by atoms with Crippen molar-refractivity contribution in [1.29, 1.82) is 0 Å². The first-order valence-electron chi connectivity index (χ1n) is 7.89. The van der Waals surface area contributed by atoms with Crippen molar-refractivity contribution >= 4 is 23.2 Å². The average molecular weight is 308 g/mol. The van der Waals surface area contributed by atoms with Gasteiger partial charge < -0.3 is 10.2 Å². The minimum atomic E-state index is -0.0299. The van der Waals surface area contributed by atoms with Gasteiger partial charge in [0.2, 0.25) is 11.8 Å². The lowest BCUT2D eigenvalue weighted by molar-refractivity contribution is -0.117. The molecular formula is C19H20N2O2. The average Bonchev–Trinajstić information content (AvgIpc) is 2.99. The summed E-state index contributed by atoms with van der Waals surface area (Å²) < 4.78 is 0. The van der Waals surface area contributed by atoms with E-state index in [9.17, 15) is 9.59 Å². The number of hydrogen-bond acceptors (Lipinski definition) is 2. The Morgan fingerprint density at radius 3 is 2.61 bits per heavy atom. The fraction of sp³-hybridized carbons (Fsp3) is 0.263. The number of benzene rings is 2. The predicted molar refractivity (Wildman–Crippen MR) is 91.6 cm³/mol.